The molecule has 224 valence electrons. The fraction of sp³-hybridized carbons (Fsp3) is 0.400. The lowest BCUT2D eigenvalue weighted by atomic mass is 9.70. The molecule has 2 atom stereocenters. The van der Waals surface area contributed by atoms with Crippen molar-refractivity contribution in [1.29, 1.82) is 0 Å². The SMILES string of the molecule is COc1ccc(C[C@@H](NC(=O)CC(C(N)=O)c2c[nH]cn2)C(=O)N2CC(CCCC(F)(F)F)(c3ccccc3)C2)cc1. The van der Waals surface area contributed by atoms with Gasteiger partial charge < -0.3 is 25.7 Å². The van der Waals surface area contributed by atoms with E-state index in [-0.39, 0.29) is 44.7 Å². The number of methoxy groups -OCH3 is 1. The molecule has 0 aliphatic carbocycles. The maximum Gasteiger partial charge on any atom is 0.389 e. The largest absolute Gasteiger partial charge is 0.497 e. The first-order valence-electron chi connectivity index (χ1n) is 13.6. The van der Waals surface area contributed by atoms with Crippen molar-refractivity contribution in [3.05, 3.63) is 83.9 Å². The molecule has 0 radical (unpaired) electrons. The number of carbonyl (C=O) groups is 3. The zero-order chi connectivity index (χ0) is 30.3. The number of rotatable bonds is 13. The molecule has 0 saturated carbocycles. The number of nitrogens with two attached hydrogens (primary N) is 1. The van der Waals surface area contributed by atoms with Crippen LogP contribution in [-0.2, 0) is 26.2 Å². The molecule has 1 aromatic heterocycles. The predicted octanol–water partition coefficient (Wildman–Crippen LogP) is 3.62. The summed E-state index contributed by atoms with van der Waals surface area (Å²) in [5.41, 5.74) is 6.84. The summed E-state index contributed by atoms with van der Waals surface area (Å²) in [4.78, 5) is 47.3. The first-order chi connectivity index (χ1) is 20.0. The van der Waals surface area contributed by atoms with Gasteiger partial charge in [-0.2, -0.15) is 13.2 Å². The van der Waals surface area contributed by atoms with Crippen LogP contribution in [0.25, 0.3) is 0 Å². The van der Waals surface area contributed by atoms with Gasteiger partial charge in [0, 0.05) is 44.0 Å². The van der Waals surface area contributed by atoms with Gasteiger partial charge in [0.2, 0.25) is 17.7 Å². The van der Waals surface area contributed by atoms with Crippen LogP contribution < -0.4 is 15.8 Å². The molecule has 12 heteroatoms. The normalized spacial score (nSPS) is 15.8. The first-order valence-corrected chi connectivity index (χ1v) is 13.6. The number of hydrogen-bond acceptors (Lipinski definition) is 5. The van der Waals surface area contributed by atoms with Gasteiger partial charge in [0.05, 0.1) is 25.0 Å². The van der Waals surface area contributed by atoms with Gasteiger partial charge in [0.15, 0.2) is 0 Å². The Kier molecular flexibility index (Phi) is 9.54. The summed E-state index contributed by atoms with van der Waals surface area (Å²) in [6.07, 6.45) is -2.26. The summed E-state index contributed by atoms with van der Waals surface area (Å²) >= 11 is 0. The molecule has 3 amide bonds. The molecule has 4 rings (SSSR count). The summed E-state index contributed by atoms with van der Waals surface area (Å²) in [6, 6.07) is 15.3. The highest BCUT2D eigenvalue weighted by molar-refractivity contribution is 5.92. The van der Waals surface area contributed by atoms with Gasteiger partial charge in [-0.05, 0) is 36.1 Å². The van der Waals surface area contributed by atoms with Crippen LogP contribution in [0.2, 0.25) is 0 Å². The van der Waals surface area contributed by atoms with Crippen LogP contribution in [-0.4, -0.2) is 65.0 Å². The van der Waals surface area contributed by atoms with Crippen LogP contribution in [0.4, 0.5) is 13.2 Å². The number of benzene rings is 2. The number of imidazole rings is 1. The quantitative estimate of drug-likeness (QED) is 0.282. The molecule has 2 heterocycles. The number of ether oxygens (including phenoxy) is 1. The molecular weight excluding hydrogens is 551 g/mol. The number of nitrogens with one attached hydrogen (secondary N) is 2. The number of aromatic amines is 1. The summed E-state index contributed by atoms with van der Waals surface area (Å²) in [5, 5.41) is 2.76. The lowest BCUT2D eigenvalue weighted by Gasteiger charge is -2.52. The summed E-state index contributed by atoms with van der Waals surface area (Å²) in [5.74, 6) is -2.02. The Morgan fingerprint density at radius 1 is 1.12 bits per heavy atom. The maximum absolute atomic E-state index is 13.8. The van der Waals surface area contributed by atoms with Crippen molar-refractivity contribution in [2.45, 2.75) is 55.7 Å². The minimum Gasteiger partial charge on any atom is -0.497 e. The standard InChI is InChI=1S/C30H34F3N5O4/c1-42-22-10-8-20(9-11-22)14-24(37-26(39)15-23(27(34)40)25-16-35-19-36-25)28(41)38-17-29(18-38,12-5-13-30(31,32)33)21-6-3-2-4-7-21/h2-4,6-11,16,19,23-24H,5,12-15,17-18H2,1H3,(H2,34,40)(H,35,36)(H,37,39)/t23?,24-/m1/s1. The van der Waals surface area contributed by atoms with Crippen molar-refractivity contribution in [1.82, 2.24) is 20.2 Å². The minimum atomic E-state index is -4.26. The van der Waals surface area contributed by atoms with E-state index >= 15 is 0 Å². The van der Waals surface area contributed by atoms with E-state index in [0.29, 0.717) is 11.4 Å². The van der Waals surface area contributed by atoms with Crippen LogP contribution in [0.15, 0.2) is 67.1 Å². The third kappa shape index (κ3) is 7.68. The number of halogens is 3. The zero-order valence-electron chi connectivity index (χ0n) is 23.2. The highest BCUT2D eigenvalue weighted by Crippen LogP contribution is 2.40. The number of carbonyl (C=O) groups excluding carboxylic acids is 3. The zero-order valence-corrected chi connectivity index (χ0v) is 23.2. The summed E-state index contributed by atoms with van der Waals surface area (Å²) in [6.45, 7) is 0.444. The number of hydrogen-bond donors (Lipinski definition) is 3. The van der Waals surface area contributed by atoms with Crippen molar-refractivity contribution in [3.8, 4) is 5.75 Å². The molecule has 1 unspecified atom stereocenters. The summed E-state index contributed by atoms with van der Waals surface area (Å²) < 4.78 is 44.0. The minimum absolute atomic E-state index is 0.0614. The van der Waals surface area contributed by atoms with Gasteiger partial charge in [0.1, 0.15) is 11.8 Å². The fourth-order valence-corrected chi connectivity index (χ4v) is 5.41. The van der Waals surface area contributed by atoms with Crippen molar-refractivity contribution in [3.63, 3.8) is 0 Å². The molecule has 1 aliphatic rings. The van der Waals surface area contributed by atoms with E-state index in [2.05, 4.69) is 15.3 Å². The molecular formula is C30H34F3N5O4. The van der Waals surface area contributed by atoms with Gasteiger partial charge in [-0.3, -0.25) is 14.4 Å². The van der Waals surface area contributed by atoms with Crippen LogP contribution in [0.3, 0.4) is 0 Å². The first kappa shape index (κ1) is 30.6. The number of likely N-dealkylation sites (tertiary alicyclic amines) is 1. The molecule has 4 N–H and O–H groups in total. The van der Waals surface area contributed by atoms with E-state index in [4.69, 9.17) is 10.5 Å². The molecule has 42 heavy (non-hydrogen) atoms. The Bertz CT molecular complexity index is 1340. The van der Waals surface area contributed by atoms with Gasteiger partial charge in [-0.1, -0.05) is 42.5 Å². The van der Waals surface area contributed by atoms with E-state index in [1.54, 1.807) is 29.2 Å². The Labute approximate surface area is 241 Å². The number of primary amides is 1. The second-order valence-electron chi connectivity index (χ2n) is 10.6. The molecule has 0 bridgehead atoms. The van der Waals surface area contributed by atoms with Crippen LogP contribution in [0, 0.1) is 0 Å². The Hall–Kier alpha value is -4.35. The second kappa shape index (κ2) is 13.1. The van der Waals surface area contributed by atoms with Crippen LogP contribution in [0.5, 0.6) is 5.75 Å². The van der Waals surface area contributed by atoms with E-state index in [0.717, 1.165) is 11.1 Å². The maximum atomic E-state index is 13.8. The van der Waals surface area contributed by atoms with Gasteiger partial charge >= 0.3 is 6.18 Å². The molecule has 1 fully saturated rings. The van der Waals surface area contributed by atoms with Crippen LogP contribution >= 0.6 is 0 Å². The van der Waals surface area contributed by atoms with Crippen molar-refractivity contribution < 1.29 is 32.3 Å². The Morgan fingerprint density at radius 2 is 1.81 bits per heavy atom. The molecule has 1 saturated heterocycles. The third-order valence-corrected chi connectivity index (χ3v) is 7.64. The van der Waals surface area contributed by atoms with Gasteiger partial charge in [-0.15, -0.1) is 0 Å². The lowest BCUT2D eigenvalue weighted by Crippen LogP contribution is -2.65. The van der Waals surface area contributed by atoms with Crippen LogP contribution in [0.1, 0.15) is 48.4 Å². The second-order valence-corrected chi connectivity index (χ2v) is 10.6. The van der Waals surface area contributed by atoms with Gasteiger partial charge in [0.25, 0.3) is 0 Å². The highest BCUT2D eigenvalue weighted by atomic mass is 19.4. The highest BCUT2D eigenvalue weighted by Gasteiger charge is 2.48. The molecule has 1 aliphatic heterocycles. The van der Waals surface area contributed by atoms with E-state index in [1.165, 1.54) is 19.6 Å². The molecule has 9 nitrogen and oxygen atoms in total. The van der Waals surface area contributed by atoms with Crippen molar-refractivity contribution in [2.75, 3.05) is 20.2 Å². The fourth-order valence-electron chi connectivity index (χ4n) is 5.41. The summed E-state index contributed by atoms with van der Waals surface area (Å²) in [7, 11) is 1.54. The predicted molar refractivity (Wildman–Crippen MR) is 148 cm³/mol. The van der Waals surface area contributed by atoms with Crippen molar-refractivity contribution in [2.24, 2.45) is 5.73 Å². The molecule has 2 aromatic carbocycles. The topological polar surface area (TPSA) is 130 Å². The number of aromatic nitrogens is 2. The van der Waals surface area contributed by atoms with E-state index < -0.39 is 41.8 Å². The van der Waals surface area contributed by atoms with E-state index in [1.807, 2.05) is 30.3 Å². The van der Waals surface area contributed by atoms with Crippen molar-refractivity contribution >= 4 is 17.7 Å². The molecule has 0 spiro atoms. The average molecular weight is 586 g/mol. The number of alkyl halides is 3. The number of nitrogens with zero attached hydrogens (tertiary/aromatic N) is 2. The number of amides is 3. The van der Waals surface area contributed by atoms with Gasteiger partial charge in [-0.25, -0.2) is 4.98 Å². The smallest absolute Gasteiger partial charge is 0.389 e. The Morgan fingerprint density at radius 3 is 2.38 bits per heavy atom. The third-order valence-electron chi connectivity index (χ3n) is 7.64. The average Bonchev–Trinajstić information content (AvgIpc) is 3.47. The van der Waals surface area contributed by atoms with E-state index in [9.17, 15) is 27.6 Å². The molecule has 3 aromatic rings. The number of H-pyrrole nitrogens is 1. The lowest BCUT2D eigenvalue weighted by molar-refractivity contribution is -0.146. The monoisotopic (exact) mass is 585 g/mol. The Balaban J connectivity index is 1.51.